The number of amides is 1. The van der Waals surface area contributed by atoms with E-state index in [1.54, 1.807) is 17.4 Å². The highest BCUT2D eigenvalue weighted by Crippen LogP contribution is 2.27. The molecule has 0 unspecified atom stereocenters. The van der Waals surface area contributed by atoms with Crippen molar-refractivity contribution >= 4 is 34.1 Å². The molecule has 28 heavy (non-hydrogen) atoms. The molecule has 0 atom stereocenters. The lowest BCUT2D eigenvalue weighted by Crippen LogP contribution is -2.37. The lowest BCUT2D eigenvalue weighted by atomic mass is 10.2. The molecular weight excluding hydrogens is 380 g/mol. The summed E-state index contributed by atoms with van der Waals surface area (Å²) in [6, 6.07) is 8.65. The van der Waals surface area contributed by atoms with Gasteiger partial charge in [0.25, 0.3) is 11.5 Å². The molecule has 0 aliphatic carbocycles. The van der Waals surface area contributed by atoms with E-state index in [0.29, 0.717) is 5.82 Å². The van der Waals surface area contributed by atoms with Crippen LogP contribution in [0.25, 0.3) is 21.6 Å². The van der Waals surface area contributed by atoms with Crippen LogP contribution in [0.3, 0.4) is 0 Å². The van der Waals surface area contributed by atoms with E-state index in [9.17, 15) is 14.4 Å². The average molecular weight is 396 g/mol. The summed E-state index contributed by atoms with van der Waals surface area (Å²) >= 11 is 1.62. The third-order valence-corrected chi connectivity index (χ3v) is 5.39. The predicted molar refractivity (Wildman–Crippen MR) is 107 cm³/mol. The van der Waals surface area contributed by atoms with Crippen LogP contribution in [-0.2, 0) is 14.1 Å². The van der Waals surface area contributed by atoms with Crippen LogP contribution < -0.4 is 16.6 Å². The largest absolute Gasteiger partial charge is 0.332 e. The summed E-state index contributed by atoms with van der Waals surface area (Å²) in [5.74, 6) is -0.138. The van der Waals surface area contributed by atoms with Gasteiger partial charge in [0.05, 0.1) is 16.0 Å². The number of thiophene rings is 1. The van der Waals surface area contributed by atoms with Gasteiger partial charge >= 0.3 is 5.69 Å². The average Bonchev–Trinajstić information content (AvgIpc) is 3.33. The first-order valence-electron chi connectivity index (χ1n) is 8.35. The molecule has 0 bridgehead atoms. The highest BCUT2D eigenvalue weighted by atomic mass is 32.1. The first kappa shape index (κ1) is 17.9. The Morgan fingerprint density at radius 1 is 1.14 bits per heavy atom. The number of hydrogen-bond donors (Lipinski definition) is 2. The van der Waals surface area contributed by atoms with Crippen molar-refractivity contribution in [2.45, 2.75) is 6.92 Å². The van der Waals surface area contributed by atoms with E-state index >= 15 is 0 Å². The summed E-state index contributed by atoms with van der Waals surface area (Å²) < 4.78 is 2.24. The molecule has 0 radical (unpaired) electrons. The van der Waals surface area contributed by atoms with Crippen LogP contribution in [0.5, 0.6) is 0 Å². The van der Waals surface area contributed by atoms with Crippen LogP contribution >= 0.6 is 11.3 Å². The second-order valence-corrected chi connectivity index (χ2v) is 7.59. The summed E-state index contributed by atoms with van der Waals surface area (Å²) in [5, 5.41) is 9.92. The lowest BCUT2D eigenvalue weighted by Gasteiger charge is -2.08. The number of H-pyrrole nitrogens is 1. The van der Waals surface area contributed by atoms with Gasteiger partial charge in [-0.1, -0.05) is 0 Å². The number of carbonyl (C=O) groups excluding carboxylic acids is 1. The predicted octanol–water partition coefficient (Wildman–Crippen LogP) is 1.64. The molecule has 10 heteroatoms. The van der Waals surface area contributed by atoms with Crippen LogP contribution in [0.4, 0.5) is 5.82 Å². The molecule has 4 aromatic rings. The highest BCUT2D eigenvalue weighted by molar-refractivity contribution is 7.15. The maximum absolute atomic E-state index is 12.6. The van der Waals surface area contributed by atoms with Gasteiger partial charge in [0.2, 0.25) is 0 Å². The molecule has 4 rings (SSSR count). The van der Waals surface area contributed by atoms with Crippen molar-refractivity contribution in [2.75, 3.05) is 5.32 Å². The number of rotatable bonds is 3. The Morgan fingerprint density at radius 3 is 2.64 bits per heavy atom. The minimum absolute atomic E-state index is 0.0762. The van der Waals surface area contributed by atoms with Gasteiger partial charge in [-0.25, -0.2) is 9.78 Å². The molecule has 9 nitrogen and oxygen atoms in total. The summed E-state index contributed by atoms with van der Waals surface area (Å²) in [6.07, 6.45) is 0. The highest BCUT2D eigenvalue weighted by Gasteiger charge is 2.15. The number of nitrogens with zero attached hydrogens (tertiary/aromatic N) is 4. The molecule has 2 N–H and O–H groups in total. The number of carbonyl (C=O) groups is 1. The summed E-state index contributed by atoms with van der Waals surface area (Å²) in [7, 11) is 2.90. The van der Waals surface area contributed by atoms with E-state index in [1.807, 2.05) is 19.1 Å². The van der Waals surface area contributed by atoms with Gasteiger partial charge < -0.3 is 5.32 Å². The van der Waals surface area contributed by atoms with Crippen LogP contribution in [0.2, 0.25) is 0 Å². The molecule has 0 aromatic carbocycles. The molecule has 0 spiro atoms. The molecular formula is C18H16N6O3S. The maximum Gasteiger partial charge on any atom is 0.332 e. The topological polar surface area (TPSA) is 115 Å². The molecule has 1 amide bonds. The zero-order chi connectivity index (χ0) is 20.0. The Labute approximate surface area is 162 Å². The zero-order valence-electron chi connectivity index (χ0n) is 15.3. The minimum Gasteiger partial charge on any atom is -0.304 e. The number of aromatic nitrogens is 5. The van der Waals surface area contributed by atoms with Crippen LogP contribution in [0.15, 0.2) is 39.9 Å². The first-order valence-corrected chi connectivity index (χ1v) is 9.17. The van der Waals surface area contributed by atoms with Crippen molar-refractivity contribution in [2.24, 2.45) is 14.1 Å². The van der Waals surface area contributed by atoms with Gasteiger partial charge in [-0.15, -0.1) is 11.3 Å². The minimum atomic E-state index is -0.509. The fourth-order valence-electron chi connectivity index (χ4n) is 2.85. The third-order valence-electron chi connectivity index (χ3n) is 4.36. The number of anilines is 1. The van der Waals surface area contributed by atoms with Crippen molar-refractivity contribution < 1.29 is 4.79 Å². The Kier molecular flexibility index (Phi) is 4.19. The maximum atomic E-state index is 12.6. The van der Waals surface area contributed by atoms with E-state index < -0.39 is 17.2 Å². The molecule has 0 saturated heterocycles. The van der Waals surface area contributed by atoms with E-state index in [4.69, 9.17) is 0 Å². The Bertz CT molecular complexity index is 1340. The second kappa shape index (κ2) is 6.57. The monoisotopic (exact) mass is 396 g/mol. The fourth-order valence-corrected chi connectivity index (χ4v) is 3.69. The van der Waals surface area contributed by atoms with Crippen molar-refractivity contribution in [3.05, 3.63) is 61.7 Å². The summed E-state index contributed by atoms with van der Waals surface area (Å²) in [4.78, 5) is 43.2. The number of pyridine rings is 1. The molecule has 0 aliphatic heterocycles. The van der Waals surface area contributed by atoms with E-state index in [-0.39, 0.29) is 16.7 Å². The quantitative estimate of drug-likeness (QED) is 0.546. The molecule has 0 saturated carbocycles. The molecule has 4 heterocycles. The Morgan fingerprint density at radius 2 is 1.93 bits per heavy atom. The number of fused-ring (bicyclic) bond motifs is 1. The molecule has 0 fully saturated rings. The lowest BCUT2D eigenvalue weighted by molar-refractivity contribution is 0.102. The van der Waals surface area contributed by atoms with E-state index in [0.717, 1.165) is 15.1 Å². The zero-order valence-corrected chi connectivity index (χ0v) is 16.1. The summed E-state index contributed by atoms with van der Waals surface area (Å²) in [6.45, 7) is 2.01. The molecule has 4 aromatic heterocycles. The van der Waals surface area contributed by atoms with E-state index in [1.165, 1.54) is 35.7 Å². The van der Waals surface area contributed by atoms with Gasteiger partial charge in [0, 0.05) is 25.0 Å². The van der Waals surface area contributed by atoms with Gasteiger partial charge in [-0.3, -0.25) is 23.8 Å². The second-order valence-electron chi connectivity index (χ2n) is 6.30. The summed E-state index contributed by atoms with van der Waals surface area (Å²) in [5.41, 5.74) is 0.0575. The smallest absolute Gasteiger partial charge is 0.304 e. The van der Waals surface area contributed by atoms with Crippen molar-refractivity contribution in [3.8, 4) is 10.6 Å². The SMILES string of the molecule is Cc1ccc(-c2cc(NC(=O)c3ccc4c(=O)n(C)c(=O)n(C)c4n3)n[nH]2)s1. The van der Waals surface area contributed by atoms with Crippen molar-refractivity contribution in [3.63, 3.8) is 0 Å². The van der Waals surface area contributed by atoms with Crippen LogP contribution in [-0.4, -0.2) is 30.2 Å². The number of aryl methyl sites for hydroxylation is 2. The number of hydrogen-bond acceptors (Lipinski definition) is 6. The number of aromatic amines is 1. The molecule has 142 valence electrons. The Balaban J connectivity index is 1.65. The van der Waals surface area contributed by atoms with Crippen LogP contribution in [0.1, 0.15) is 15.4 Å². The third kappa shape index (κ3) is 2.93. The van der Waals surface area contributed by atoms with Crippen LogP contribution in [0, 0.1) is 6.92 Å². The van der Waals surface area contributed by atoms with Gasteiger partial charge in [-0.05, 0) is 31.2 Å². The Hall–Kier alpha value is -3.53. The number of nitrogens with one attached hydrogen (secondary N) is 2. The van der Waals surface area contributed by atoms with E-state index in [2.05, 4.69) is 20.5 Å². The van der Waals surface area contributed by atoms with Gasteiger partial charge in [0.1, 0.15) is 11.3 Å². The van der Waals surface area contributed by atoms with Gasteiger partial charge in [-0.2, -0.15) is 5.10 Å². The standard InChI is InChI=1S/C18H16N6O3S/c1-9-4-7-13(28-9)12-8-14(22-21-12)20-16(25)11-6-5-10-15(19-11)23(2)18(27)24(3)17(10)26/h4-8H,1-3H3,(H2,20,21,22,25). The van der Waals surface area contributed by atoms with Crippen molar-refractivity contribution in [1.29, 1.82) is 0 Å². The first-order chi connectivity index (χ1) is 13.3. The normalized spacial score (nSPS) is 11.1. The fraction of sp³-hybridized carbons (Fsp3) is 0.167. The van der Waals surface area contributed by atoms with Gasteiger partial charge in [0.15, 0.2) is 5.82 Å². The molecule has 0 aliphatic rings. The van der Waals surface area contributed by atoms with Crippen molar-refractivity contribution in [1.82, 2.24) is 24.3 Å².